The molecule has 1 saturated heterocycles. The quantitative estimate of drug-likeness (QED) is 0.115. The average Bonchev–Trinajstić information content (AvgIpc) is 2.80. The molecule has 1 fully saturated rings. The first-order valence-electron chi connectivity index (χ1n) is 10.9. The number of carbonyl (C=O) groups is 3. The van der Waals surface area contributed by atoms with Gasteiger partial charge in [-0.3, -0.25) is 25.0 Å². The highest BCUT2D eigenvalue weighted by molar-refractivity contribution is 14.1. The molecule has 0 radical (unpaired) electrons. The maximum atomic E-state index is 13.2. The molecular formula is C26H19I2N3O6. The number of nitrogens with zero attached hydrogens (tertiary/aromatic N) is 2. The lowest BCUT2D eigenvalue weighted by Crippen LogP contribution is -2.54. The number of urea groups is 1. The largest absolute Gasteiger partial charge is 0.487 e. The van der Waals surface area contributed by atoms with Crippen molar-refractivity contribution in [2.45, 2.75) is 20.5 Å². The summed E-state index contributed by atoms with van der Waals surface area (Å²) < 4.78 is 7.36. The SMILES string of the molecule is Cc1cc(C)cc(N2C(=O)NC(=O)/C(=C\c3cc(I)c(OCc4cccc([N+](=O)[O-])c4)c(I)c3)C2=O)c1. The van der Waals surface area contributed by atoms with Crippen molar-refractivity contribution in [3.8, 4) is 5.75 Å². The Labute approximate surface area is 239 Å². The van der Waals surface area contributed by atoms with Gasteiger partial charge in [0.05, 0.1) is 17.8 Å². The summed E-state index contributed by atoms with van der Waals surface area (Å²) in [4.78, 5) is 49.9. The van der Waals surface area contributed by atoms with Gasteiger partial charge >= 0.3 is 6.03 Å². The van der Waals surface area contributed by atoms with Crippen LogP contribution in [0.1, 0.15) is 22.3 Å². The molecule has 4 amide bonds. The van der Waals surface area contributed by atoms with Crippen molar-refractivity contribution in [3.63, 3.8) is 0 Å². The molecule has 9 nitrogen and oxygen atoms in total. The van der Waals surface area contributed by atoms with Crippen LogP contribution in [-0.2, 0) is 16.2 Å². The molecule has 3 aromatic carbocycles. The van der Waals surface area contributed by atoms with E-state index in [0.29, 0.717) is 29.7 Å². The fraction of sp³-hybridized carbons (Fsp3) is 0.115. The summed E-state index contributed by atoms with van der Waals surface area (Å²) in [6.07, 6.45) is 1.44. The molecule has 1 N–H and O–H groups in total. The van der Waals surface area contributed by atoms with Gasteiger partial charge in [-0.05, 0) is 112 Å². The minimum absolute atomic E-state index is 0.0174. The van der Waals surface area contributed by atoms with E-state index in [4.69, 9.17) is 4.74 Å². The summed E-state index contributed by atoms with van der Waals surface area (Å²) in [7, 11) is 0. The fourth-order valence-electron chi connectivity index (χ4n) is 3.85. The van der Waals surface area contributed by atoms with Gasteiger partial charge < -0.3 is 4.74 Å². The Morgan fingerprint density at radius 1 is 1.00 bits per heavy atom. The summed E-state index contributed by atoms with van der Waals surface area (Å²) in [5.41, 5.74) is 3.17. The number of amides is 4. The number of benzene rings is 3. The summed E-state index contributed by atoms with van der Waals surface area (Å²) in [6, 6.07) is 14.2. The van der Waals surface area contributed by atoms with Crippen LogP contribution in [0, 0.1) is 31.1 Å². The first kappa shape index (κ1) is 26.7. The lowest BCUT2D eigenvalue weighted by atomic mass is 10.1. The maximum Gasteiger partial charge on any atom is 0.335 e. The molecule has 0 atom stereocenters. The third kappa shape index (κ3) is 5.98. The van der Waals surface area contributed by atoms with E-state index in [2.05, 4.69) is 50.5 Å². The number of nitrogens with one attached hydrogen (secondary N) is 1. The number of anilines is 1. The normalized spacial score (nSPS) is 14.6. The molecule has 0 bridgehead atoms. The lowest BCUT2D eigenvalue weighted by Gasteiger charge is -2.27. The van der Waals surface area contributed by atoms with E-state index in [1.165, 1.54) is 18.2 Å². The van der Waals surface area contributed by atoms with Crippen LogP contribution in [0.3, 0.4) is 0 Å². The number of carbonyl (C=O) groups excluding carboxylic acids is 3. The van der Waals surface area contributed by atoms with Gasteiger partial charge in [0.15, 0.2) is 0 Å². The second-order valence-corrected chi connectivity index (χ2v) is 10.7. The van der Waals surface area contributed by atoms with Crippen LogP contribution in [-0.4, -0.2) is 22.8 Å². The molecule has 188 valence electrons. The Morgan fingerprint density at radius 3 is 2.27 bits per heavy atom. The van der Waals surface area contributed by atoms with Gasteiger partial charge in [-0.2, -0.15) is 0 Å². The van der Waals surface area contributed by atoms with Crippen molar-refractivity contribution < 1.29 is 24.0 Å². The zero-order chi connectivity index (χ0) is 26.9. The second-order valence-electron chi connectivity index (χ2n) is 8.33. The van der Waals surface area contributed by atoms with Gasteiger partial charge in [-0.25, -0.2) is 9.69 Å². The molecule has 0 saturated carbocycles. The van der Waals surface area contributed by atoms with Gasteiger partial charge in [0.1, 0.15) is 17.9 Å². The van der Waals surface area contributed by atoms with Crippen LogP contribution in [0.15, 0.2) is 60.2 Å². The Morgan fingerprint density at radius 2 is 1.65 bits per heavy atom. The molecule has 37 heavy (non-hydrogen) atoms. The van der Waals surface area contributed by atoms with Crippen LogP contribution in [0.5, 0.6) is 5.75 Å². The highest BCUT2D eigenvalue weighted by Gasteiger charge is 2.37. The van der Waals surface area contributed by atoms with E-state index in [-0.39, 0.29) is 17.9 Å². The summed E-state index contributed by atoms with van der Waals surface area (Å²) >= 11 is 4.17. The molecule has 1 aliphatic rings. The number of halogens is 2. The predicted molar refractivity (Wildman–Crippen MR) is 154 cm³/mol. The van der Waals surface area contributed by atoms with Crippen molar-refractivity contribution in [1.82, 2.24) is 5.32 Å². The smallest absolute Gasteiger partial charge is 0.335 e. The predicted octanol–water partition coefficient (Wildman–Crippen LogP) is 5.67. The zero-order valence-corrected chi connectivity index (χ0v) is 23.9. The number of hydrogen-bond acceptors (Lipinski definition) is 6. The van der Waals surface area contributed by atoms with Crippen molar-refractivity contribution in [1.29, 1.82) is 0 Å². The Kier molecular flexibility index (Phi) is 7.92. The summed E-state index contributed by atoms with van der Waals surface area (Å²) in [5.74, 6) is -0.914. The summed E-state index contributed by atoms with van der Waals surface area (Å²) in [5, 5.41) is 13.3. The summed E-state index contributed by atoms with van der Waals surface area (Å²) in [6.45, 7) is 3.84. The average molecular weight is 723 g/mol. The molecule has 0 unspecified atom stereocenters. The number of ether oxygens (including phenoxy) is 1. The number of nitro benzene ring substituents is 1. The van der Waals surface area contributed by atoms with E-state index in [9.17, 15) is 24.5 Å². The number of rotatable bonds is 6. The topological polar surface area (TPSA) is 119 Å². The van der Waals surface area contributed by atoms with E-state index < -0.39 is 22.8 Å². The number of imide groups is 2. The number of non-ortho nitro benzene ring substituents is 1. The monoisotopic (exact) mass is 723 g/mol. The van der Waals surface area contributed by atoms with Crippen LogP contribution in [0.4, 0.5) is 16.2 Å². The van der Waals surface area contributed by atoms with Crippen LogP contribution in [0.2, 0.25) is 0 Å². The van der Waals surface area contributed by atoms with Crippen molar-refractivity contribution in [3.05, 3.63) is 99.7 Å². The number of hydrogen-bond donors (Lipinski definition) is 1. The highest BCUT2D eigenvalue weighted by atomic mass is 127. The van der Waals surface area contributed by atoms with E-state index in [1.54, 1.807) is 36.4 Å². The van der Waals surface area contributed by atoms with E-state index >= 15 is 0 Å². The van der Waals surface area contributed by atoms with Crippen LogP contribution in [0.25, 0.3) is 6.08 Å². The van der Waals surface area contributed by atoms with Gasteiger partial charge in [0.25, 0.3) is 17.5 Å². The second kappa shape index (κ2) is 11.0. The number of nitro groups is 1. The van der Waals surface area contributed by atoms with Crippen molar-refractivity contribution in [2.24, 2.45) is 0 Å². The van der Waals surface area contributed by atoms with Gasteiger partial charge in [0.2, 0.25) is 0 Å². The van der Waals surface area contributed by atoms with Crippen molar-refractivity contribution in [2.75, 3.05) is 4.90 Å². The molecule has 4 rings (SSSR count). The fourth-order valence-corrected chi connectivity index (χ4v) is 5.98. The highest BCUT2D eigenvalue weighted by Crippen LogP contribution is 2.32. The molecular weight excluding hydrogens is 704 g/mol. The molecule has 0 aliphatic carbocycles. The Hall–Kier alpha value is -3.33. The van der Waals surface area contributed by atoms with Gasteiger partial charge in [-0.15, -0.1) is 0 Å². The van der Waals surface area contributed by atoms with Gasteiger partial charge in [0, 0.05) is 12.1 Å². The molecule has 1 heterocycles. The lowest BCUT2D eigenvalue weighted by molar-refractivity contribution is -0.384. The molecule has 11 heteroatoms. The molecule has 0 spiro atoms. The van der Waals surface area contributed by atoms with Crippen LogP contribution < -0.4 is 15.0 Å². The zero-order valence-electron chi connectivity index (χ0n) is 19.6. The Balaban J connectivity index is 1.61. The maximum absolute atomic E-state index is 13.2. The standard InChI is InChI=1S/C26H19I2N3O6/c1-14-6-15(2)8-19(7-14)30-25(33)20(24(32)29-26(30)34)10-17-11-21(27)23(22(28)12-17)37-13-16-4-3-5-18(9-16)31(35)36/h3-12H,13H2,1-2H3,(H,29,32,34)/b20-10+. The Bertz CT molecular complexity index is 1460. The molecule has 3 aromatic rings. The molecule has 1 aliphatic heterocycles. The third-order valence-corrected chi connectivity index (χ3v) is 7.01. The first-order valence-corrected chi connectivity index (χ1v) is 13.0. The first-order chi connectivity index (χ1) is 17.5. The van der Waals surface area contributed by atoms with Crippen LogP contribution >= 0.6 is 45.2 Å². The van der Waals surface area contributed by atoms with Crippen molar-refractivity contribution >= 4 is 80.5 Å². The van der Waals surface area contributed by atoms with E-state index in [1.807, 2.05) is 19.9 Å². The molecule has 0 aromatic heterocycles. The number of aryl methyl sites for hydroxylation is 2. The van der Waals surface area contributed by atoms with E-state index in [0.717, 1.165) is 16.0 Å². The number of barbiturate groups is 1. The minimum atomic E-state index is -0.800. The van der Waals surface area contributed by atoms with Gasteiger partial charge in [-0.1, -0.05) is 18.2 Å². The minimum Gasteiger partial charge on any atom is -0.487 e. The third-order valence-electron chi connectivity index (χ3n) is 5.40.